The maximum atomic E-state index is 4.78. The average Bonchev–Trinajstić information content (AvgIpc) is 2.67. The van der Waals surface area contributed by atoms with E-state index >= 15 is 0 Å². The van der Waals surface area contributed by atoms with E-state index in [9.17, 15) is 0 Å². The number of aromatic nitrogens is 2. The van der Waals surface area contributed by atoms with Gasteiger partial charge < -0.3 is 5.32 Å². The van der Waals surface area contributed by atoms with E-state index in [4.69, 9.17) is 5.10 Å². The SMILES string of the molecule is CCNC(C)c1c(CC)nn(C(C)C)c1CC. The molecule has 0 bridgehead atoms. The Morgan fingerprint density at radius 1 is 1.12 bits per heavy atom. The molecule has 0 spiro atoms. The summed E-state index contributed by atoms with van der Waals surface area (Å²) >= 11 is 0. The molecule has 0 aliphatic heterocycles. The van der Waals surface area contributed by atoms with Gasteiger partial charge in [0.2, 0.25) is 0 Å². The maximum absolute atomic E-state index is 4.78. The molecule has 0 saturated carbocycles. The highest BCUT2D eigenvalue weighted by Crippen LogP contribution is 2.25. The third-order valence-corrected chi connectivity index (χ3v) is 3.23. The molecular formula is C14H27N3. The van der Waals surface area contributed by atoms with Gasteiger partial charge in [-0.15, -0.1) is 0 Å². The Labute approximate surface area is 106 Å². The topological polar surface area (TPSA) is 29.9 Å². The molecule has 1 unspecified atom stereocenters. The highest BCUT2D eigenvalue weighted by molar-refractivity contribution is 5.30. The minimum atomic E-state index is 0.400. The molecule has 1 atom stereocenters. The lowest BCUT2D eigenvalue weighted by Crippen LogP contribution is -2.20. The van der Waals surface area contributed by atoms with Crippen LogP contribution < -0.4 is 5.32 Å². The fourth-order valence-corrected chi connectivity index (χ4v) is 2.48. The van der Waals surface area contributed by atoms with Crippen LogP contribution in [0.2, 0.25) is 0 Å². The molecule has 1 aromatic rings. The van der Waals surface area contributed by atoms with Gasteiger partial charge in [-0.1, -0.05) is 20.8 Å². The molecule has 0 aliphatic rings. The van der Waals surface area contributed by atoms with Gasteiger partial charge in [-0.2, -0.15) is 5.10 Å². The van der Waals surface area contributed by atoms with Crippen molar-refractivity contribution in [2.45, 2.75) is 66.5 Å². The van der Waals surface area contributed by atoms with E-state index in [2.05, 4.69) is 51.5 Å². The van der Waals surface area contributed by atoms with Gasteiger partial charge in [0.15, 0.2) is 0 Å². The van der Waals surface area contributed by atoms with E-state index in [1.807, 2.05) is 0 Å². The summed E-state index contributed by atoms with van der Waals surface area (Å²) in [6, 6.07) is 0.843. The second-order valence-corrected chi connectivity index (χ2v) is 4.83. The number of hydrogen-bond acceptors (Lipinski definition) is 2. The largest absolute Gasteiger partial charge is 0.310 e. The summed E-state index contributed by atoms with van der Waals surface area (Å²) in [5, 5.41) is 8.29. The molecule has 1 N–H and O–H groups in total. The zero-order chi connectivity index (χ0) is 13.0. The van der Waals surface area contributed by atoms with Crippen molar-refractivity contribution in [2.24, 2.45) is 0 Å². The third-order valence-electron chi connectivity index (χ3n) is 3.23. The lowest BCUT2D eigenvalue weighted by Gasteiger charge is -2.16. The van der Waals surface area contributed by atoms with Crippen LogP contribution in [0.4, 0.5) is 0 Å². The van der Waals surface area contributed by atoms with E-state index in [0.29, 0.717) is 12.1 Å². The van der Waals surface area contributed by atoms with E-state index in [0.717, 1.165) is 19.4 Å². The molecule has 0 radical (unpaired) electrons. The zero-order valence-corrected chi connectivity index (χ0v) is 12.2. The smallest absolute Gasteiger partial charge is 0.0672 e. The summed E-state index contributed by atoms with van der Waals surface area (Å²) in [4.78, 5) is 0. The van der Waals surface area contributed by atoms with Gasteiger partial charge in [0, 0.05) is 23.3 Å². The van der Waals surface area contributed by atoms with Gasteiger partial charge in [-0.05, 0) is 40.2 Å². The molecule has 0 saturated heterocycles. The Balaban J connectivity index is 3.24. The van der Waals surface area contributed by atoms with Gasteiger partial charge in [0.25, 0.3) is 0 Å². The maximum Gasteiger partial charge on any atom is 0.0672 e. The van der Waals surface area contributed by atoms with Crippen LogP contribution in [0.3, 0.4) is 0 Å². The summed E-state index contributed by atoms with van der Waals surface area (Å²) in [7, 11) is 0. The lowest BCUT2D eigenvalue weighted by atomic mass is 10.0. The average molecular weight is 237 g/mol. The van der Waals surface area contributed by atoms with Gasteiger partial charge in [-0.25, -0.2) is 0 Å². The molecule has 17 heavy (non-hydrogen) atoms. The predicted octanol–water partition coefficient (Wildman–Crippen LogP) is 3.26. The Morgan fingerprint density at radius 2 is 1.76 bits per heavy atom. The zero-order valence-electron chi connectivity index (χ0n) is 12.2. The molecule has 1 heterocycles. The monoisotopic (exact) mass is 237 g/mol. The second-order valence-electron chi connectivity index (χ2n) is 4.83. The van der Waals surface area contributed by atoms with Crippen LogP contribution in [0, 0.1) is 0 Å². The van der Waals surface area contributed by atoms with Crippen LogP contribution in [0.15, 0.2) is 0 Å². The van der Waals surface area contributed by atoms with Gasteiger partial charge in [-0.3, -0.25) is 4.68 Å². The Hall–Kier alpha value is -0.830. The van der Waals surface area contributed by atoms with Crippen molar-refractivity contribution >= 4 is 0 Å². The van der Waals surface area contributed by atoms with Gasteiger partial charge >= 0.3 is 0 Å². The summed E-state index contributed by atoms with van der Waals surface area (Å²) in [6.07, 6.45) is 2.06. The number of hydrogen-bond donors (Lipinski definition) is 1. The van der Waals surface area contributed by atoms with E-state index in [-0.39, 0.29) is 0 Å². The normalized spacial score (nSPS) is 13.4. The van der Waals surface area contributed by atoms with E-state index in [1.54, 1.807) is 0 Å². The van der Waals surface area contributed by atoms with Crippen molar-refractivity contribution < 1.29 is 0 Å². The molecule has 98 valence electrons. The molecule has 0 aliphatic carbocycles. The van der Waals surface area contributed by atoms with Crippen molar-refractivity contribution in [3.05, 3.63) is 17.0 Å². The summed E-state index contributed by atoms with van der Waals surface area (Å²) in [5.74, 6) is 0. The van der Waals surface area contributed by atoms with Crippen molar-refractivity contribution in [3.63, 3.8) is 0 Å². The van der Waals surface area contributed by atoms with Crippen molar-refractivity contribution in [1.82, 2.24) is 15.1 Å². The summed E-state index contributed by atoms with van der Waals surface area (Å²) < 4.78 is 2.20. The van der Waals surface area contributed by atoms with Crippen molar-refractivity contribution in [1.29, 1.82) is 0 Å². The summed E-state index contributed by atoms with van der Waals surface area (Å²) in [6.45, 7) is 14.2. The molecule has 0 amide bonds. The number of aryl methyl sites for hydroxylation is 1. The molecule has 1 rings (SSSR count). The first kappa shape index (κ1) is 14.2. The van der Waals surface area contributed by atoms with Crippen molar-refractivity contribution in [2.75, 3.05) is 6.54 Å². The molecule has 3 nitrogen and oxygen atoms in total. The highest BCUT2D eigenvalue weighted by Gasteiger charge is 2.20. The first-order chi connectivity index (χ1) is 8.06. The standard InChI is InChI=1S/C14H27N3/c1-7-12-14(11(6)15-9-3)13(8-2)17(16-12)10(4)5/h10-11,15H,7-9H2,1-6H3. The molecule has 0 fully saturated rings. The van der Waals surface area contributed by atoms with Gasteiger partial charge in [0.1, 0.15) is 0 Å². The fourth-order valence-electron chi connectivity index (χ4n) is 2.48. The molecule has 0 aromatic carbocycles. The van der Waals surface area contributed by atoms with Crippen molar-refractivity contribution in [3.8, 4) is 0 Å². The highest BCUT2D eigenvalue weighted by atomic mass is 15.3. The second kappa shape index (κ2) is 6.20. The molecular weight excluding hydrogens is 210 g/mol. The van der Waals surface area contributed by atoms with Crippen LogP contribution in [0.25, 0.3) is 0 Å². The van der Waals surface area contributed by atoms with Crippen LogP contribution in [0.1, 0.15) is 70.6 Å². The Kier molecular flexibility index (Phi) is 5.19. The first-order valence-electron chi connectivity index (χ1n) is 6.90. The third kappa shape index (κ3) is 2.89. The lowest BCUT2D eigenvalue weighted by molar-refractivity contribution is 0.504. The quantitative estimate of drug-likeness (QED) is 0.823. The summed E-state index contributed by atoms with van der Waals surface area (Å²) in [5.41, 5.74) is 4.07. The first-order valence-corrected chi connectivity index (χ1v) is 6.90. The number of rotatable bonds is 6. The minimum absolute atomic E-state index is 0.400. The predicted molar refractivity (Wildman–Crippen MR) is 73.5 cm³/mol. The molecule has 1 aromatic heterocycles. The Morgan fingerprint density at radius 3 is 2.18 bits per heavy atom. The number of nitrogens with one attached hydrogen (secondary N) is 1. The van der Waals surface area contributed by atoms with Gasteiger partial charge in [0.05, 0.1) is 5.69 Å². The number of nitrogens with zero attached hydrogens (tertiary/aromatic N) is 2. The van der Waals surface area contributed by atoms with E-state index < -0.39 is 0 Å². The van der Waals surface area contributed by atoms with E-state index in [1.165, 1.54) is 17.0 Å². The van der Waals surface area contributed by atoms with Crippen LogP contribution in [0.5, 0.6) is 0 Å². The van der Waals surface area contributed by atoms with Crippen LogP contribution >= 0.6 is 0 Å². The van der Waals surface area contributed by atoms with Crippen LogP contribution in [-0.2, 0) is 12.8 Å². The fraction of sp³-hybridized carbons (Fsp3) is 0.786. The molecule has 3 heteroatoms. The van der Waals surface area contributed by atoms with Crippen LogP contribution in [-0.4, -0.2) is 16.3 Å². The minimum Gasteiger partial charge on any atom is -0.310 e. The Bertz CT molecular complexity index is 353.